The average Bonchev–Trinajstić information content (AvgIpc) is 3.35. The molecule has 2 aromatic carbocycles. The number of hydrogen-bond donors (Lipinski definition) is 0. The molecule has 1 fully saturated rings. The maximum absolute atomic E-state index is 5.96. The molecular weight excluding hydrogens is 404 g/mol. The Kier molecular flexibility index (Phi) is 5.12. The molecule has 5 nitrogen and oxygen atoms in total. The van der Waals surface area contributed by atoms with E-state index in [0.717, 1.165) is 34.5 Å². The lowest BCUT2D eigenvalue weighted by Crippen LogP contribution is -2.06. The van der Waals surface area contributed by atoms with Crippen molar-refractivity contribution in [3.63, 3.8) is 0 Å². The van der Waals surface area contributed by atoms with Crippen LogP contribution in [-0.4, -0.2) is 19.9 Å². The van der Waals surface area contributed by atoms with E-state index in [1.807, 2.05) is 36.4 Å². The summed E-state index contributed by atoms with van der Waals surface area (Å²) in [4.78, 5) is 0. The van der Waals surface area contributed by atoms with Crippen LogP contribution < -0.4 is 0 Å². The Labute approximate surface area is 178 Å². The van der Waals surface area contributed by atoms with Crippen LogP contribution in [0.5, 0.6) is 0 Å². The average molecular weight is 423 g/mol. The highest BCUT2D eigenvalue weighted by Gasteiger charge is 2.30. The lowest BCUT2D eigenvalue weighted by Gasteiger charge is -2.09. The van der Waals surface area contributed by atoms with Crippen molar-refractivity contribution in [2.24, 2.45) is 0 Å². The van der Waals surface area contributed by atoms with E-state index in [2.05, 4.69) is 44.2 Å². The minimum atomic E-state index is 0.544. The van der Waals surface area contributed by atoms with Crippen molar-refractivity contribution in [1.82, 2.24) is 19.9 Å². The molecule has 0 unspecified atom stereocenters. The van der Waals surface area contributed by atoms with E-state index in [9.17, 15) is 0 Å². The predicted molar refractivity (Wildman–Crippen MR) is 114 cm³/mol. The quantitative estimate of drug-likeness (QED) is 0.352. The first-order chi connectivity index (χ1) is 14.3. The molecule has 1 aliphatic carbocycles. The van der Waals surface area contributed by atoms with Crippen LogP contribution in [0.15, 0.2) is 70.3 Å². The molecule has 2 aromatic heterocycles. The molecule has 0 N–H and O–H groups in total. The Morgan fingerprint density at radius 3 is 2.59 bits per heavy atom. The van der Waals surface area contributed by atoms with Gasteiger partial charge in [-0.1, -0.05) is 71.0 Å². The van der Waals surface area contributed by atoms with Crippen LogP contribution in [0, 0.1) is 0 Å². The van der Waals surface area contributed by atoms with E-state index in [0.29, 0.717) is 16.7 Å². The third-order valence-electron chi connectivity index (χ3n) is 4.91. The summed E-state index contributed by atoms with van der Waals surface area (Å²) in [6.07, 6.45) is 2.40. The Balaban J connectivity index is 1.33. The summed E-state index contributed by atoms with van der Waals surface area (Å²) in [5.74, 6) is 3.10. The Morgan fingerprint density at radius 2 is 1.83 bits per heavy atom. The van der Waals surface area contributed by atoms with Crippen molar-refractivity contribution in [2.45, 2.75) is 36.2 Å². The minimum absolute atomic E-state index is 0.544. The van der Waals surface area contributed by atoms with Crippen LogP contribution >= 0.6 is 23.4 Å². The van der Waals surface area contributed by atoms with E-state index in [4.69, 9.17) is 16.1 Å². The van der Waals surface area contributed by atoms with E-state index in [1.54, 1.807) is 11.8 Å². The smallest absolute Gasteiger partial charge is 0.191 e. The maximum atomic E-state index is 5.96. The van der Waals surface area contributed by atoms with Gasteiger partial charge >= 0.3 is 0 Å². The second kappa shape index (κ2) is 8.05. The molecule has 0 amide bonds. The number of halogens is 1. The first-order valence-electron chi connectivity index (χ1n) is 9.57. The molecule has 1 aliphatic rings. The highest BCUT2D eigenvalue weighted by atomic mass is 35.5. The summed E-state index contributed by atoms with van der Waals surface area (Å²) >= 11 is 7.59. The monoisotopic (exact) mass is 422 g/mol. The third-order valence-corrected chi connectivity index (χ3v) is 6.15. The van der Waals surface area contributed by atoms with Crippen molar-refractivity contribution in [2.75, 3.05) is 0 Å². The Hall–Kier alpha value is -2.57. The number of nitrogens with zero attached hydrogens (tertiary/aromatic N) is 4. The Morgan fingerprint density at radius 1 is 1.03 bits per heavy atom. The van der Waals surface area contributed by atoms with E-state index < -0.39 is 0 Å². The maximum Gasteiger partial charge on any atom is 0.191 e. The van der Waals surface area contributed by atoms with Crippen molar-refractivity contribution in [3.8, 4) is 11.3 Å². The molecule has 29 heavy (non-hydrogen) atoms. The van der Waals surface area contributed by atoms with Gasteiger partial charge in [-0.15, -0.1) is 10.2 Å². The molecule has 7 heteroatoms. The van der Waals surface area contributed by atoms with Crippen molar-refractivity contribution in [3.05, 3.63) is 82.8 Å². The van der Waals surface area contributed by atoms with E-state index in [-0.39, 0.29) is 0 Å². The first-order valence-corrected chi connectivity index (χ1v) is 10.9. The number of aromatic nitrogens is 4. The highest BCUT2D eigenvalue weighted by Crippen LogP contribution is 2.40. The third kappa shape index (κ3) is 4.23. The largest absolute Gasteiger partial charge is 0.360 e. The second-order valence-electron chi connectivity index (χ2n) is 7.16. The molecule has 0 bridgehead atoms. The normalized spacial score (nSPS) is 13.7. The van der Waals surface area contributed by atoms with Gasteiger partial charge in [0.15, 0.2) is 5.16 Å². The van der Waals surface area contributed by atoms with Crippen molar-refractivity contribution in [1.29, 1.82) is 0 Å². The molecule has 0 spiro atoms. The zero-order chi connectivity index (χ0) is 19.6. The summed E-state index contributed by atoms with van der Waals surface area (Å²) in [5.41, 5.74) is 3.04. The molecule has 1 saturated carbocycles. The highest BCUT2D eigenvalue weighted by molar-refractivity contribution is 7.98. The van der Waals surface area contributed by atoms with Gasteiger partial charge < -0.3 is 9.09 Å². The van der Waals surface area contributed by atoms with Gasteiger partial charge in [0.05, 0.1) is 12.3 Å². The standard InChI is InChI=1S/C22H19ClN4OS/c23-18-10-8-16(9-11-18)20-12-19(28-26-20)14-29-22-25-24-21(17-6-7-17)27(22)13-15-4-2-1-3-5-15/h1-5,8-12,17H,6-7,13-14H2. The number of thioether (sulfide) groups is 1. The van der Waals surface area contributed by atoms with Crippen molar-refractivity contribution < 1.29 is 4.52 Å². The van der Waals surface area contributed by atoms with Crippen molar-refractivity contribution >= 4 is 23.4 Å². The molecule has 0 atom stereocenters. The molecule has 2 heterocycles. The van der Waals surface area contributed by atoms with E-state index in [1.165, 1.54) is 18.4 Å². The SMILES string of the molecule is Clc1ccc(-c2cc(CSc3nnc(C4CC4)n3Cc3ccccc3)on2)cc1. The van der Waals surface area contributed by atoms with Gasteiger partial charge in [-0.05, 0) is 30.5 Å². The van der Waals surface area contributed by atoms with Gasteiger partial charge in [-0.2, -0.15) is 0 Å². The zero-order valence-electron chi connectivity index (χ0n) is 15.7. The summed E-state index contributed by atoms with van der Waals surface area (Å²) in [6, 6.07) is 20.0. The van der Waals surface area contributed by atoms with Crippen LogP contribution in [0.25, 0.3) is 11.3 Å². The lowest BCUT2D eigenvalue weighted by molar-refractivity contribution is 0.397. The van der Waals surface area contributed by atoms with Crippen LogP contribution in [-0.2, 0) is 12.3 Å². The number of rotatable bonds is 7. The fourth-order valence-corrected chi connectivity index (χ4v) is 4.18. The first kappa shape index (κ1) is 18.5. The fraction of sp³-hybridized carbons (Fsp3) is 0.227. The van der Waals surface area contributed by atoms with Gasteiger partial charge in [0.2, 0.25) is 0 Å². The number of hydrogen-bond acceptors (Lipinski definition) is 5. The molecule has 0 saturated heterocycles. The van der Waals surface area contributed by atoms with Crippen LogP contribution in [0.2, 0.25) is 5.02 Å². The summed E-state index contributed by atoms with van der Waals surface area (Å²) in [6.45, 7) is 0.786. The van der Waals surface area contributed by atoms with Gasteiger partial charge in [0.1, 0.15) is 17.3 Å². The molecule has 5 rings (SSSR count). The minimum Gasteiger partial charge on any atom is -0.360 e. The van der Waals surface area contributed by atoms with E-state index >= 15 is 0 Å². The van der Waals surface area contributed by atoms with Gasteiger partial charge in [-0.25, -0.2) is 0 Å². The fourth-order valence-electron chi connectivity index (χ4n) is 3.24. The molecule has 0 aliphatic heterocycles. The van der Waals surface area contributed by atoms with Crippen LogP contribution in [0.3, 0.4) is 0 Å². The Bertz CT molecular complexity index is 1100. The topological polar surface area (TPSA) is 56.7 Å². The summed E-state index contributed by atoms with van der Waals surface area (Å²) in [7, 11) is 0. The zero-order valence-corrected chi connectivity index (χ0v) is 17.2. The molecule has 0 radical (unpaired) electrons. The van der Waals surface area contributed by atoms with Gasteiger partial charge in [0, 0.05) is 22.6 Å². The summed E-state index contributed by atoms with van der Waals surface area (Å²) < 4.78 is 7.78. The predicted octanol–water partition coefficient (Wildman–Crippen LogP) is 5.80. The van der Waals surface area contributed by atoms with Gasteiger partial charge in [0.25, 0.3) is 0 Å². The molecular formula is C22H19ClN4OS. The summed E-state index contributed by atoms with van der Waals surface area (Å²) in [5, 5.41) is 14.8. The number of benzene rings is 2. The van der Waals surface area contributed by atoms with Crippen LogP contribution in [0.1, 0.15) is 35.9 Å². The second-order valence-corrected chi connectivity index (χ2v) is 8.54. The van der Waals surface area contributed by atoms with Gasteiger partial charge in [-0.3, -0.25) is 0 Å². The molecule has 4 aromatic rings. The molecule has 146 valence electrons. The lowest BCUT2D eigenvalue weighted by atomic mass is 10.1. The van der Waals surface area contributed by atoms with Crippen LogP contribution in [0.4, 0.5) is 0 Å².